The van der Waals surface area contributed by atoms with Gasteiger partial charge in [0.15, 0.2) is 5.82 Å². The quantitative estimate of drug-likeness (QED) is 0.506. The van der Waals surface area contributed by atoms with Crippen LogP contribution in [0.15, 0.2) is 53.3 Å². The molecule has 0 saturated carbocycles. The molecular weight excluding hydrogens is 404 g/mol. The lowest BCUT2D eigenvalue weighted by Gasteiger charge is -2.26. The summed E-state index contributed by atoms with van der Waals surface area (Å²) in [4.78, 5) is 18.5. The van der Waals surface area contributed by atoms with Crippen molar-refractivity contribution in [2.75, 3.05) is 20.2 Å². The fourth-order valence-corrected chi connectivity index (χ4v) is 4.47. The lowest BCUT2D eigenvalue weighted by atomic mass is 10.0. The first-order chi connectivity index (χ1) is 15.6. The molecule has 1 aliphatic heterocycles. The summed E-state index contributed by atoms with van der Waals surface area (Å²) in [6.45, 7) is 4.38. The SMILES string of the molecule is COc1ccc(Cn2nnnc2[C@H](c2cc3cc(C)ccc3[nH]c2=O)N2CCCC2)cc1. The van der Waals surface area contributed by atoms with Gasteiger partial charge in [-0.3, -0.25) is 9.69 Å². The lowest BCUT2D eigenvalue weighted by Crippen LogP contribution is -2.33. The molecule has 0 bridgehead atoms. The van der Waals surface area contributed by atoms with Gasteiger partial charge in [0, 0.05) is 11.1 Å². The Labute approximate surface area is 185 Å². The van der Waals surface area contributed by atoms with E-state index in [1.807, 2.05) is 42.5 Å². The number of likely N-dealkylation sites (tertiary alicyclic amines) is 1. The number of aromatic nitrogens is 5. The van der Waals surface area contributed by atoms with Crippen molar-refractivity contribution < 1.29 is 4.74 Å². The fraction of sp³-hybridized carbons (Fsp3) is 0.333. The molecule has 0 aliphatic carbocycles. The van der Waals surface area contributed by atoms with Crippen LogP contribution in [0.1, 0.15) is 41.4 Å². The first-order valence-electron chi connectivity index (χ1n) is 10.9. The van der Waals surface area contributed by atoms with Crippen LogP contribution >= 0.6 is 0 Å². The van der Waals surface area contributed by atoms with Crippen LogP contribution in [0.25, 0.3) is 10.9 Å². The standard InChI is InChI=1S/C24H26N6O2/c1-16-5-10-21-18(13-16)14-20(24(31)25-21)22(29-11-3-4-12-29)23-26-27-28-30(23)15-17-6-8-19(32-2)9-7-17/h5-10,13-14,22H,3-4,11-12,15H2,1-2H3,(H,25,31)/t22-/m0/s1. The molecule has 2 aromatic heterocycles. The van der Waals surface area contributed by atoms with Crippen molar-refractivity contribution in [1.29, 1.82) is 0 Å². The largest absolute Gasteiger partial charge is 0.497 e. The third-order valence-electron chi connectivity index (χ3n) is 6.12. The van der Waals surface area contributed by atoms with E-state index in [1.54, 1.807) is 11.8 Å². The zero-order valence-corrected chi connectivity index (χ0v) is 18.3. The summed E-state index contributed by atoms with van der Waals surface area (Å²) in [6, 6.07) is 15.6. The van der Waals surface area contributed by atoms with Crippen LogP contribution in [0.4, 0.5) is 0 Å². The molecule has 0 amide bonds. The van der Waals surface area contributed by atoms with Gasteiger partial charge in [0.1, 0.15) is 11.8 Å². The highest BCUT2D eigenvalue weighted by Crippen LogP contribution is 2.30. The van der Waals surface area contributed by atoms with Gasteiger partial charge in [-0.2, -0.15) is 0 Å². The van der Waals surface area contributed by atoms with E-state index in [-0.39, 0.29) is 11.6 Å². The molecule has 32 heavy (non-hydrogen) atoms. The summed E-state index contributed by atoms with van der Waals surface area (Å²) in [5, 5.41) is 13.6. The van der Waals surface area contributed by atoms with Crippen molar-refractivity contribution >= 4 is 10.9 Å². The number of hydrogen-bond acceptors (Lipinski definition) is 6. The van der Waals surface area contributed by atoms with Crippen molar-refractivity contribution in [3.8, 4) is 5.75 Å². The maximum absolute atomic E-state index is 13.2. The van der Waals surface area contributed by atoms with Crippen LogP contribution in [0.5, 0.6) is 5.75 Å². The van der Waals surface area contributed by atoms with Crippen molar-refractivity contribution in [2.24, 2.45) is 0 Å². The highest BCUT2D eigenvalue weighted by Gasteiger charge is 2.32. The van der Waals surface area contributed by atoms with E-state index >= 15 is 0 Å². The second-order valence-electron chi connectivity index (χ2n) is 8.33. The normalized spacial score (nSPS) is 15.3. The molecule has 1 atom stereocenters. The summed E-state index contributed by atoms with van der Waals surface area (Å²) in [5.74, 6) is 1.49. The van der Waals surface area contributed by atoms with Crippen LogP contribution in [0.2, 0.25) is 0 Å². The number of ether oxygens (including phenoxy) is 1. The number of aryl methyl sites for hydroxylation is 1. The van der Waals surface area contributed by atoms with Gasteiger partial charge in [0.05, 0.1) is 13.7 Å². The summed E-state index contributed by atoms with van der Waals surface area (Å²) in [5.41, 5.74) is 3.62. The predicted octanol–water partition coefficient (Wildman–Crippen LogP) is 3.07. The molecule has 5 rings (SSSR count). The molecule has 1 saturated heterocycles. The number of benzene rings is 2. The average Bonchev–Trinajstić information content (AvgIpc) is 3.48. The van der Waals surface area contributed by atoms with Crippen LogP contribution in [0.3, 0.4) is 0 Å². The van der Waals surface area contributed by atoms with Gasteiger partial charge in [-0.25, -0.2) is 4.68 Å². The number of rotatable bonds is 6. The van der Waals surface area contributed by atoms with Crippen molar-refractivity contribution in [3.05, 3.63) is 81.4 Å². The van der Waals surface area contributed by atoms with Crippen molar-refractivity contribution in [2.45, 2.75) is 32.4 Å². The van der Waals surface area contributed by atoms with Crippen LogP contribution < -0.4 is 10.3 Å². The molecule has 0 radical (unpaired) electrons. The second kappa shape index (κ2) is 8.55. The number of methoxy groups -OCH3 is 1. The van der Waals surface area contributed by atoms with E-state index in [9.17, 15) is 4.79 Å². The molecule has 0 spiro atoms. The molecule has 0 unspecified atom stereocenters. The predicted molar refractivity (Wildman–Crippen MR) is 122 cm³/mol. The number of nitrogens with zero attached hydrogens (tertiary/aromatic N) is 5. The molecule has 1 fully saturated rings. The minimum Gasteiger partial charge on any atom is -0.497 e. The third-order valence-corrected chi connectivity index (χ3v) is 6.12. The molecular formula is C24H26N6O2. The van der Waals surface area contributed by atoms with E-state index in [2.05, 4.69) is 38.4 Å². The monoisotopic (exact) mass is 430 g/mol. The Balaban J connectivity index is 1.58. The smallest absolute Gasteiger partial charge is 0.253 e. The number of tetrazole rings is 1. The Hall–Kier alpha value is -3.52. The zero-order chi connectivity index (χ0) is 22.1. The minimum atomic E-state index is -0.306. The highest BCUT2D eigenvalue weighted by molar-refractivity contribution is 5.79. The maximum atomic E-state index is 13.2. The molecule has 4 aromatic rings. The minimum absolute atomic E-state index is 0.0998. The topological polar surface area (TPSA) is 88.9 Å². The van der Waals surface area contributed by atoms with Crippen LogP contribution in [-0.4, -0.2) is 50.3 Å². The van der Waals surface area contributed by atoms with Crippen LogP contribution in [-0.2, 0) is 6.54 Å². The first-order valence-corrected chi connectivity index (χ1v) is 10.9. The number of pyridine rings is 1. The number of aromatic amines is 1. The van der Waals surface area contributed by atoms with E-state index in [1.165, 1.54) is 0 Å². The maximum Gasteiger partial charge on any atom is 0.253 e. The summed E-state index contributed by atoms with van der Waals surface area (Å²) >= 11 is 0. The van der Waals surface area contributed by atoms with Gasteiger partial charge in [-0.05, 0) is 84.6 Å². The third kappa shape index (κ3) is 3.89. The van der Waals surface area contributed by atoms with E-state index in [0.29, 0.717) is 17.9 Å². The molecule has 1 aliphatic rings. The Bertz CT molecular complexity index is 1290. The van der Waals surface area contributed by atoms with Crippen molar-refractivity contribution in [1.82, 2.24) is 30.1 Å². The Morgan fingerprint density at radius 2 is 1.88 bits per heavy atom. The number of nitrogens with one attached hydrogen (secondary N) is 1. The molecule has 1 N–H and O–H groups in total. The van der Waals surface area contributed by atoms with E-state index in [4.69, 9.17) is 4.74 Å². The highest BCUT2D eigenvalue weighted by atomic mass is 16.5. The van der Waals surface area contributed by atoms with Gasteiger partial charge in [0.2, 0.25) is 0 Å². The van der Waals surface area contributed by atoms with Gasteiger partial charge >= 0.3 is 0 Å². The molecule has 3 heterocycles. The molecule has 164 valence electrons. The van der Waals surface area contributed by atoms with Gasteiger partial charge in [-0.15, -0.1) is 5.10 Å². The Kier molecular flexibility index (Phi) is 5.45. The lowest BCUT2D eigenvalue weighted by molar-refractivity contribution is 0.263. The summed E-state index contributed by atoms with van der Waals surface area (Å²) in [6.07, 6.45) is 2.20. The second-order valence-corrected chi connectivity index (χ2v) is 8.33. The molecule has 8 heteroatoms. The molecule has 8 nitrogen and oxygen atoms in total. The van der Waals surface area contributed by atoms with Crippen molar-refractivity contribution in [3.63, 3.8) is 0 Å². The first kappa shape index (κ1) is 20.4. The number of hydrogen-bond donors (Lipinski definition) is 1. The van der Waals surface area contributed by atoms with E-state index < -0.39 is 0 Å². The molecule has 2 aromatic carbocycles. The average molecular weight is 431 g/mol. The Morgan fingerprint density at radius 3 is 2.62 bits per heavy atom. The van der Waals surface area contributed by atoms with Gasteiger partial charge < -0.3 is 9.72 Å². The summed E-state index contributed by atoms with van der Waals surface area (Å²) < 4.78 is 7.05. The van der Waals surface area contributed by atoms with Gasteiger partial charge in [0.25, 0.3) is 5.56 Å². The van der Waals surface area contributed by atoms with Crippen LogP contribution in [0, 0.1) is 6.92 Å². The van der Waals surface area contributed by atoms with Gasteiger partial charge in [-0.1, -0.05) is 23.8 Å². The number of H-pyrrole nitrogens is 1. The zero-order valence-electron chi connectivity index (χ0n) is 18.3. The van der Waals surface area contributed by atoms with E-state index in [0.717, 1.165) is 53.7 Å². The summed E-state index contributed by atoms with van der Waals surface area (Å²) in [7, 11) is 1.65. The number of fused-ring (bicyclic) bond motifs is 1. The fourth-order valence-electron chi connectivity index (χ4n) is 4.47. The Morgan fingerprint density at radius 1 is 1.09 bits per heavy atom.